The Hall–Kier alpha value is -1.80. The summed E-state index contributed by atoms with van der Waals surface area (Å²) in [5.74, 6) is 0. The van der Waals surface area contributed by atoms with Crippen LogP contribution < -0.4 is 0 Å². The molecule has 0 aliphatic heterocycles. The second-order valence-corrected chi connectivity index (χ2v) is 4.16. The van der Waals surface area contributed by atoms with Gasteiger partial charge in [-0.25, -0.2) is 0 Å². The highest BCUT2D eigenvalue weighted by Crippen LogP contribution is 2.14. The maximum atomic E-state index is 9.08. The van der Waals surface area contributed by atoms with Crippen LogP contribution in [0.5, 0.6) is 0 Å². The van der Waals surface area contributed by atoms with Crippen molar-refractivity contribution in [3.8, 4) is 0 Å². The summed E-state index contributed by atoms with van der Waals surface area (Å²) in [5, 5.41) is 13.1. The van der Waals surface area contributed by atoms with Gasteiger partial charge in [-0.05, 0) is 17.7 Å². The van der Waals surface area contributed by atoms with E-state index in [1.54, 1.807) is 12.1 Å². The van der Waals surface area contributed by atoms with Crippen LogP contribution in [0.2, 0.25) is 5.02 Å². The van der Waals surface area contributed by atoms with Gasteiger partial charge in [0, 0.05) is 17.0 Å². The second kappa shape index (κ2) is 5.51. The van der Waals surface area contributed by atoms with Crippen molar-refractivity contribution in [2.75, 3.05) is 0 Å². The lowest BCUT2D eigenvalue weighted by Crippen LogP contribution is -2.05. The summed E-state index contributed by atoms with van der Waals surface area (Å²) in [6.07, 6.45) is 0.581. The first-order valence-corrected chi connectivity index (χ1v) is 5.68. The molecule has 0 saturated carbocycles. The number of benzene rings is 2. The molecule has 2 rings (SSSR count). The fourth-order valence-corrected chi connectivity index (χ4v) is 1.84. The van der Waals surface area contributed by atoms with Gasteiger partial charge in [-0.15, -0.1) is 0 Å². The SMILES string of the molecule is ON=C(Cc1ccccc1)c1cccc(Cl)c1. The van der Waals surface area contributed by atoms with Crippen molar-refractivity contribution in [1.82, 2.24) is 0 Å². The molecule has 0 aromatic heterocycles. The van der Waals surface area contributed by atoms with Gasteiger partial charge in [0.15, 0.2) is 0 Å². The number of oxime groups is 1. The first-order chi connectivity index (χ1) is 8.29. The van der Waals surface area contributed by atoms with Gasteiger partial charge >= 0.3 is 0 Å². The largest absolute Gasteiger partial charge is 0.411 e. The van der Waals surface area contributed by atoms with Gasteiger partial charge in [0.25, 0.3) is 0 Å². The zero-order chi connectivity index (χ0) is 12.1. The van der Waals surface area contributed by atoms with Crippen LogP contribution in [-0.4, -0.2) is 10.9 Å². The molecule has 1 N–H and O–H groups in total. The molecular weight excluding hydrogens is 234 g/mol. The Kier molecular flexibility index (Phi) is 3.78. The van der Waals surface area contributed by atoms with Crippen molar-refractivity contribution in [3.05, 3.63) is 70.7 Å². The molecule has 2 aromatic carbocycles. The first-order valence-electron chi connectivity index (χ1n) is 5.30. The van der Waals surface area contributed by atoms with Crippen LogP contribution in [0.1, 0.15) is 11.1 Å². The summed E-state index contributed by atoms with van der Waals surface area (Å²) in [6, 6.07) is 17.2. The van der Waals surface area contributed by atoms with E-state index in [9.17, 15) is 0 Å². The summed E-state index contributed by atoms with van der Waals surface area (Å²) in [6.45, 7) is 0. The van der Waals surface area contributed by atoms with E-state index in [-0.39, 0.29) is 0 Å². The lowest BCUT2D eigenvalue weighted by molar-refractivity contribution is 0.318. The van der Waals surface area contributed by atoms with Crippen molar-refractivity contribution < 1.29 is 5.21 Å². The quantitative estimate of drug-likeness (QED) is 0.498. The van der Waals surface area contributed by atoms with E-state index in [4.69, 9.17) is 16.8 Å². The molecule has 0 atom stereocenters. The number of hydrogen-bond donors (Lipinski definition) is 1. The van der Waals surface area contributed by atoms with Crippen LogP contribution >= 0.6 is 11.6 Å². The summed E-state index contributed by atoms with van der Waals surface area (Å²) in [7, 11) is 0. The Morgan fingerprint density at radius 1 is 1.06 bits per heavy atom. The Labute approximate surface area is 105 Å². The third-order valence-corrected chi connectivity index (χ3v) is 2.73. The summed E-state index contributed by atoms with van der Waals surface area (Å²) < 4.78 is 0. The van der Waals surface area contributed by atoms with Crippen LogP contribution in [0, 0.1) is 0 Å². The third kappa shape index (κ3) is 3.08. The maximum Gasteiger partial charge on any atom is 0.0912 e. The van der Waals surface area contributed by atoms with E-state index >= 15 is 0 Å². The van der Waals surface area contributed by atoms with Gasteiger partial charge in [-0.2, -0.15) is 0 Å². The highest BCUT2D eigenvalue weighted by atomic mass is 35.5. The molecule has 0 spiro atoms. The van der Waals surface area contributed by atoms with Crippen LogP contribution in [0.25, 0.3) is 0 Å². The molecule has 0 saturated heterocycles. The fourth-order valence-electron chi connectivity index (χ4n) is 1.65. The molecule has 0 amide bonds. The molecule has 0 aliphatic rings. The molecule has 0 fully saturated rings. The molecule has 86 valence electrons. The van der Waals surface area contributed by atoms with E-state index in [1.807, 2.05) is 42.5 Å². The van der Waals surface area contributed by atoms with E-state index in [0.29, 0.717) is 17.2 Å². The van der Waals surface area contributed by atoms with Crippen molar-refractivity contribution in [3.63, 3.8) is 0 Å². The Balaban J connectivity index is 2.24. The minimum Gasteiger partial charge on any atom is -0.411 e. The zero-order valence-corrected chi connectivity index (χ0v) is 9.93. The molecule has 3 heteroatoms. The smallest absolute Gasteiger partial charge is 0.0912 e. The van der Waals surface area contributed by atoms with E-state index in [2.05, 4.69) is 5.16 Å². The number of rotatable bonds is 3. The van der Waals surface area contributed by atoms with E-state index in [1.165, 1.54) is 0 Å². The van der Waals surface area contributed by atoms with Crippen LogP contribution in [0.15, 0.2) is 59.8 Å². The van der Waals surface area contributed by atoms with Gasteiger partial charge in [-0.3, -0.25) is 0 Å². The van der Waals surface area contributed by atoms with Crippen LogP contribution in [0.3, 0.4) is 0 Å². The Morgan fingerprint density at radius 3 is 2.47 bits per heavy atom. The summed E-state index contributed by atoms with van der Waals surface area (Å²) in [4.78, 5) is 0. The molecule has 0 bridgehead atoms. The van der Waals surface area contributed by atoms with Gasteiger partial charge in [0.2, 0.25) is 0 Å². The zero-order valence-electron chi connectivity index (χ0n) is 9.18. The predicted molar refractivity (Wildman–Crippen MR) is 69.9 cm³/mol. The lowest BCUT2D eigenvalue weighted by Gasteiger charge is -2.05. The topological polar surface area (TPSA) is 32.6 Å². The normalized spacial score (nSPS) is 11.5. The standard InChI is InChI=1S/C14H12ClNO/c15-13-8-4-7-12(10-13)14(16-17)9-11-5-2-1-3-6-11/h1-8,10,17H,9H2. The van der Waals surface area contributed by atoms with Crippen molar-refractivity contribution >= 4 is 17.3 Å². The van der Waals surface area contributed by atoms with Gasteiger partial charge in [0.05, 0.1) is 5.71 Å². The van der Waals surface area contributed by atoms with E-state index in [0.717, 1.165) is 11.1 Å². The molecule has 2 aromatic rings. The fraction of sp³-hybridized carbons (Fsp3) is 0.0714. The van der Waals surface area contributed by atoms with Crippen LogP contribution in [-0.2, 0) is 6.42 Å². The average molecular weight is 246 g/mol. The molecule has 0 heterocycles. The second-order valence-electron chi connectivity index (χ2n) is 3.72. The van der Waals surface area contributed by atoms with Crippen molar-refractivity contribution in [1.29, 1.82) is 0 Å². The maximum absolute atomic E-state index is 9.08. The minimum atomic E-state index is 0.581. The van der Waals surface area contributed by atoms with Gasteiger partial charge in [-0.1, -0.05) is 59.2 Å². The summed E-state index contributed by atoms with van der Waals surface area (Å²) >= 11 is 5.91. The Bertz CT molecular complexity index is 523. The highest BCUT2D eigenvalue weighted by molar-refractivity contribution is 6.31. The predicted octanol–water partition coefficient (Wildman–Crippen LogP) is 3.76. The minimum absolute atomic E-state index is 0.581. The molecule has 0 aliphatic carbocycles. The van der Waals surface area contributed by atoms with Crippen LogP contribution in [0.4, 0.5) is 0 Å². The monoisotopic (exact) mass is 245 g/mol. The van der Waals surface area contributed by atoms with Gasteiger partial charge < -0.3 is 5.21 Å². The van der Waals surface area contributed by atoms with Crippen molar-refractivity contribution in [2.24, 2.45) is 5.16 Å². The van der Waals surface area contributed by atoms with E-state index < -0.39 is 0 Å². The highest BCUT2D eigenvalue weighted by Gasteiger charge is 2.06. The molecule has 2 nitrogen and oxygen atoms in total. The van der Waals surface area contributed by atoms with Crippen molar-refractivity contribution in [2.45, 2.75) is 6.42 Å². The Morgan fingerprint density at radius 2 is 1.82 bits per heavy atom. The molecule has 17 heavy (non-hydrogen) atoms. The molecule has 0 radical (unpaired) electrons. The first kappa shape index (κ1) is 11.7. The number of hydrogen-bond acceptors (Lipinski definition) is 2. The molecule has 0 unspecified atom stereocenters. The average Bonchev–Trinajstić information content (AvgIpc) is 2.37. The number of nitrogens with zero attached hydrogens (tertiary/aromatic N) is 1. The lowest BCUT2D eigenvalue weighted by atomic mass is 10.0. The third-order valence-electron chi connectivity index (χ3n) is 2.49. The summed E-state index contributed by atoms with van der Waals surface area (Å²) in [5.41, 5.74) is 2.54. The van der Waals surface area contributed by atoms with Gasteiger partial charge in [0.1, 0.15) is 0 Å². The molecular formula is C14H12ClNO. The number of halogens is 1.